The monoisotopic (exact) mass is 260 g/mol. The number of nitriles is 1. The Kier molecular flexibility index (Phi) is 3.95. The van der Waals surface area contributed by atoms with E-state index in [0.717, 1.165) is 0 Å². The average Bonchev–Trinajstić information content (AvgIpc) is 2.40. The topological polar surface area (TPSA) is 64.4 Å². The van der Waals surface area contributed by atoms with E-state index in [2.05, 4.69) is 19.2 Å². The van der Waals surface area contributed by atoms with Crippen molar-refractivity contribution < 1.29 is 14.0 Å². The van der Waals surface area contributed by atoms with Crippen molar-refractivity contribution in [3.05, 3.63) is 42.5 Å². The van der Waals surface area contributed by atoms with Gasteiger partial charge in [-0.05, 0) is 12.1 Å². The molecule has 0 N–H and O–H groups in total. The molecule has 0 amide bonds. The van der Waals surface area contributed by atoms with Crippen molar-refractivity contribution in [2.45, 2.75) is 0 Å². The zero-order valence-corrected chi connectivity index (χ0v) is 10.4. The third-order valence-corrected chi connectivity index (χ3v) is 2.29. The molecule has 1 heterocycles. The van der Waals surface area contributed by atoms with E-state index in [-0.39, 0.29) is 5.88 Å². The van der Waals surface area contributed by atoms with E-state index in [4.69, 9.17) is 14.5 Å². The van der Waals surface area contributed by atoms with E-state index in [1.807, 2.05) is 12.1 Å². The standard InChI is InChI=1S/C12H9N2O3P/c13-8-15-11-6-3-7-12(14-11)16-9-4-1-2-5-10(9)17-18/h1-7H,18H2. The maximum absolute atomic E-state index is 8.41. The fraction of sp³-hybridized carbons (Fsp3) is 0. The van der Waals surface area contributed by atoms with Gasteiger partial charge in [0.2, 0.25) is 11.8 Å². The molecule has 0 aliphatic rings. The highest BCUT2D eigenvalue weighted by Crippen LogP contribution is 2.31. The first kappa shape index (κ1) is 12.2. The van der Waals surface area contributed by atoms with Crippen LogP contribution in [0.2, 0.25) is 0 Å². The van der Waals surface area contributed by atoms with Gasteiger partial charge in [-0.3, -0.25) is 0 Å². The maximum atomic E-state index is 8.41. The molecule has 0 saturated carbocycles. The van der Waals surface area contributed by atoms with Crippen molar-refractivity contribution in [2.75, 3.05) is 0 Å². The summed E-state index contributed by atoms with van der Waals surface area (Å²) >= 11 is 0. The van der Waals surface area contributed by atoms with Gasteiger partial charge in [0.05, 0.1) is 9.47 Å². The summed E-state index contributed by atoms with van der Waals surface area (Å²) in [5.41, 5.74) is 0. The molecule has 0 saturated heterocycles. The summed E-state index contributed by atoms with van der Waals surface area (Å²) in [6, 6.07) is 12.1. The van der Waals surface area contributed by atoms with Gasteiger partial charge in [0.1, 0.15) is 0 Å². The van der Waals surface area contributed by atoms with Crippen LogP contribution in [0.4, 0.5) is 0 Å². The van der Waals surface area contributed by atoms with Crippen LogP contribution in [0, 0.1) is 11.5 Å². The molecule has 1 aromatic carbocycles. The second kappa shape index (κ2) is 5.85. The lowest BCUT2D eigenvalue weighted by molar-refractivity contribution is 0.423. The average molecular weight is 260 g/mol. The molecule has 0 fully saturated rings. The number of nitrogens with zero attached hydrogens (tertiary/aromatic N) is 2. The van der Waals surface area contributed by atoms with Crippen LogP contribution in [0.5, 0.6) is 23.3 Å². The number of rotatable bonds is 4. The fourth-order valence-corrected chi connectivity index (χ4v) is 1.50. The lowest BCUT2D eigenvalue weighted by Crippen LogP contribution is -1.92. The highest BCUT2D eigenvalue weighted by atomic mass is 31.0. The van der Waals surface area contributed by atoms with Gasteiger partial charge in [-0.2, -0.15) is 4.98 Å². The van der Waals surface area contributed by atoms with Crippen molar-refractivity contribution in [3.8, 4) is 29.5 Å². The molecule has 90 valence electrons. The zero-order valence-electron chi connectivity index (χ0n) is 9.24. The third-order valence-electron chi connectivity index (χ3n) is 2.04. The van der Waals surface area contributed by atoms with E-state index in [9.17, 15) is 0 Å². The summed E-state index contributed by atoms with van der Waals surface area (Å²) in [5.74, 6) is 1.58. The molecular formula is C12H9N2O3P. The van der Waals surface area contributed by atoms with Crippen molar-refractivity contribution in [1.29, 1.82) is 5.26 Å². The minimum atomic E-state index is 0.180. The second-order valence-electron chi connectivity index (χ2n) is 3.17. The normalized spacial score (nSPS) is 9.33. The van der Waals surface area contributed by atoms with Crippen LogP contribution in [0.3, 0.4) is 0 Å². The molecule has 1 aromatic heterocycles. The molecule has 1 unspecified atom stereocenters. The molecule has 1 atom stereocenters. The van der Waals surface area contributed by atoms with Crippen LogP contribution in [0.1, 0.15) is 0 Å². The van der Waals surface area contributed by atoms with E-state index in [0.29, 0.717) is 17.4 Å². The van der Waals surface area contributed by atoms with E-state index < -0.39 is 0 Å². The van der Waals surface area contributed by atoms with Crippen LogP contribution >= 0.6 is 9.47 Å². The lowest BCUT2D eigenvalue weighted by Gasteiger charge is -2.08. The number of pyridine rings is 1. The summed E-state index contributed by atoms with van der Waals surface area (Å²) in [4.78, 5) is 4.00. The maximum Gasteiger partial charge on any atom is 0.293 e. The Balaban J connectivity index is 2.23. The molecule has 6 heteroatoms. The molecule has 2 rings (SSSR count). The van der Waals surface area contributed by atoms with Crippen LogP contribution in [-0.4, -0.2) is 4.98 Å². The number of benzene rings is 1. The lowest BCUT2D eigenvalue weighted by atomic mass is 10.3. The molecule has 0 radical (unpaired) electrons. The van der Waals surface area contributed by atoms with Gasteiger partial charge < -0.3 is 14.0 Å². The van der Waals surface area contributed by atoms with Crippen LogP contribution in [0.15, 0.2) is 42.5 Å². The van der Waals surface area contributed by atoms with E-state index in [1.54, 1.807) is 36.6 Å². The number of ether oxygens (including phenoxy) is 2. The summed E-state index contributed by atoms with van der Waals surface area (Å²) in [6.07, 6.45) is 1.55. The van der Waals surface area contributed by atoms with Crippen molar-refractivity contribution in [3.63, 3.8) is 0 Å². The van der Waals surface area contributed by atoms with Crippen LogP contribution in [-0.2, 0) is 0 Å². The predicted octanol–water partition coefficient (Wildman–Crippen LogP) is 2.90. The van der Waals surface area contributed by atoms with Gasteiger partial charge >= 0.3 is 0 Å². The minimum absolute atomic E-state index is 0.180. The Morgan fingerprint density at radius 1 is 1.00 bits per heavy atom. The van der Waals surface area contributed by atoms with Gasteiger partial charge in [-0.25, -0.2) is 0 Å². The van der Waals surface area contributed by atoms with Gasteiger partial charge in [-0.1, -0.05) is 18.2 Å². The molecular weight excluding hydrogens is 251 g/mol. The van der Waals surface area contributed by atoms with Crippen molar-refractivity contribution in [2.24, 2.45) is 0 Å². The van der Waals surface area contributed by atoms with Crippen molar-refractivity contribution >= 4 is 9.47 Å². The largest absolute Gasteiger partial charge is 0.476 e. The summed E-state index contributed by atoms with van der Waals surface area (Å²) < 4.78 is 15.2. The number of para-hydroxylation sites is 2. The van der Waals surface area contributed by atoms with E-state index in [1.165, 1.54) is 0 Å². The molecule has 0 bridgehead atoms. The smallest absolute Gasteiger partial charge is 0.293 e. The Labute approximate surface area is 106 Å². The first-order valence-corrected chi connectivity index (χ1v) is 5.47. The van der Waals surface area contributed by atoms with Crippen LogP contribution < -0.4 is 14.0 Å². The predicted molar refractivity (Wildman–Crippen MR) is 67.3 cm³/mol. The SMILES string of the molecule is N#COc1cccc(Oc2ccccc2OP)n1. The number of hydrogen-bond acceptors (Lipinski definition) is 5. The first-order valence-electron chi connectivity index (χ1n) is 5.00. The van der Waals surface area contributed by atoms with Gasteiger partial charge in [0.15, 0.2) is 11.5 Å². The van der Waals surface area contributed by atoms with Crippen molar-refractivity contribution in [1.82, 2.24) is 4.98 Å². The molecule has 0 aliphatic heterocycles. The summed E-state index contributed by atoms with van der Waals surface area (Å²) in [6.45, 7) is 0. The molecule has 0 spiro atoms. The second-order valence-corrected chi connectivity index (χ2v) is 3.41. The Bertz CT molecular complexity index is 584. The van der Waals surface area contributed by atoms with E-state index >= 15 is 0 Å². The fourth-order valence-electron chi connectivity index (χ4n) is 1.30. The first-order chi connectivity index (χ1) is 8.83. The quantitative estimate of drug-likeness (QED) is 0.624. The Hall–Kier alpha value is -2.31. The summed E-state index contributed by atoms with van der Waals surface area (Å²) in [7, 11) is 2.15. The van der Waals surface area contributed by atoms with Crippen LogP contribution in [0.25, 0.3) is 0 Å². The number of hydrogen-bond donors (Lipinski definition) is 0. The zero-order chi connectivity index (χ0) is 12.8. The van der Waals surface area contributed by atoms with Gasteiger partial charge in [0, 0.05) is 12.1 Å². The molecule has 2 aromatic rings. The molecule has 5 nitrogen and oxygen atoms in total. The van der Waals surface area contributed by atoms with Gasteiger partial charge in [0.25, 0.3) is 6.26 Å². The highest BCUT2D eigenvalue weighted by molar-refractivity contribution is 7.10. The Morgan fingerprint density at radius 3 is 2.44 bits per heavy atom. The number of aromatic nitrogens is 1. The summed E-state index contributed by atoms with van der Waals surface area (Å²) in [5, 5.41) is 8.41. The highest BCUT2D eigenvalue weighted by Gasteiger charge is 2.06. The molecule has 18 heavy (non-hydrogen) atoms. The molecule has 0 aliphatic carbocycles. The minimum Gasteiger partial charge on any atom is -0.476 e. The third kappa shape index (κ3) is 2.88. The van der Waals surface area contributed by atoms with Gasteiger partial charge in [-0.15, -0.1) is 5.26 Å². The Morgan fingerprint density at radius 2 is 1.72 bits per heavy atom.